The third-order valence-corrected chi connectivity index (χ3v) is 5.41. The van der Waals surface area contributed by atoms with Crippen molar-refractivity contribution in [3.8, 4) is 5.75 Å². The molecule has 2 aliphatic rings. The van der Waals surface area contributed by atoms with Gasteiger partial charge < -0.3 is 18.9 Å². The van der Waals surface area contributed by atoms with Gasteiger partial charge in [0.15, 0.2) is 5.41 Å². The van der Waals surface area contributed by atoms with Gasteiger partial charge in [0.05, 0.1) is 20.3 Å². The summed E-state index contributed by atoms with van der Waals surface area (Å²) in [6, 6.07) is 7.08. The molecule has 3 rings (SSSR count). The highest BCUT2D eigenvalue weighted by Crippen LogP contribution is 2.57. The molecule has 0 aromatic heterocycles. The predicted molar refractivity (Wildman–Crippen MR) is 94.0 cm³/mol. The van der Waals surface area contributed by atoms with E-state index in [0.29, 0.717) is 17.7 Å². The van der Waals surface area contributed by atoms with Crippen LogP contribution in [0.3, 0.4) is 0 Å². The summed E-state index contributed by atoms with van der Waals surface area (Å²) in [7, 11) is 1.51. The summed E-state index contributed by atoms with van der Waals surface area (Å²) in [5.74, 6) is -2.65. The van der Waals surface area contributed by atoms with Gasteiger partial charge in [-0.25, -0.2) is 0 Å². The molecule has 3 atom stereocenters. The van der Waals surface area contributed by atoms with Crippen LogP contribution in [-0.4, -0.2) is 44.3 Å². The van der Waals surface area contributed by atoms with E-state index in [0.717, 1.165) is 0 Å². The number of hydrogen-bond donors (Lipinski definition) is 0. The third-order valence-electron chi connectivity index (χ3n) is 5.41. The van der Waals surface area contributed by atoms with Gasteiger partial charge in [0.1, 0.15) is 17.8 Å². The lowest BCUT2D eigenvalue weighted by Gasteiger charge is -2.51. The number of carbonyl (C=O) groups excluding carboxylic acids is 3. The second kappa shape index (κ2) is 7.58. The van der Waals surface area contributed by atoms with Crippen LogP contribution >= 0.6 is 0 Å². The normalized spacial score (nSPS) is 25.4. The van der Waals surface area contributed by atoms with Gasteiger partial charge in [-0.2, -0.15) is 0 Å². The number of methoxy groups -OCH3 is 1. The lowest BCUT2D eigenvalue weighted by molar-refractivity contribution is -0.208. The molecular formula is C20H24O7. The van der Waals surface area contributed by atoms with Crippen molar-refractivity contribution in [1.29, 1.82) is 0 Å². The van der Waals surface area contributed by atoms with E-state index < -0.39 is 35.2 Å². The SMILES string of the molecule is CCOC(=O)C1(C(=O)OCC)CC[C@H]2OC(=O)[C@H]2[C@@H]1c1ccccc1OC. The Bertz CT molecular complexity index is 724. The smallest absolute Gasteiger partial charge is 0.324 e. The quantitative estimate of drug-likeness (QED) is 0.427. The molecule has 0 unspecified atom stereocenters. The summed E-state index contributed by atoms with van der Waals surface area (Å²) in [4.78, 5) is 38.5. The molecular weight excluding hydrogens is 352 g/mol. The standard InChI is InChI=1S/C20H24O7/c1-4-25-18(22)20(19(23)26-5-2)11-10-14-15(17(21)27-14)16(20)12-8-6-7-9-13(12)24-3/h6-9,14-16H,4-5,10-11H2,1-3H3/t14-,15-,16+/m1/s1. The largest absolute Gasteiger partial charge is 0.496 e. The van der Waals surface area contributed by atoms with Crippen molar-refractivity contribution in [2.24, 2.45) is 11.3 Å². The van der Waals surface area contributed by atoms with Crippen LogP contribution in [0.5, 0.6) is 5.75 Å². The van der Waals surface area contributed by atoms with Gasteiger partial charge in [0.2, 0.25) is 0 Å². The number of rotatable bonds is 6. The predicted octanol–water partition coefficient (Wildman–Crippen LogP) is 2.23. The molecule has 27 heavy (non-hydrogen) atoms. The second-order valence-electron chi connectivity index (χ2n) is 6.67. The molecule has 7 heteroatoms. The molecule has 0 amide bonds. The van der Waals surface area contributed by atoms with Crippen molar-refractivity contribution in [3.63, 3.8) is 0 Å². The maximum Gasteiger partial charge on any atom is 0.324 e. The number of esters is 3. The first-order valence-electron chi connectivity index (χ1n) is 9.19. The molecule has 1 saturated heterocycles. The van der Waals surface area contributed by atoms with E-state index in [4.69, 9.17) is 18.9 Å². The minimum atomic E-state index is -1.61. The van der Waals surface area contributed by atoms with Crippen LogP contribution in [-0.2, 0) is 28.6 Å². The summed E-state index contributed by atoms with van der Waals surface area (Å²) < 4.78 is 21.3. The Kier molecular flexibility index (Phi) is 5.39. The molecule has 0 N–H and O–H groups in total. The van der Waals surface area contributed by atoms with Crippen LogP contribution in [0.15, 0.2) is 24.3 Å². The maximum atomic E-state index is 13.1. The van der Waals surface area contributed by atoms with Crippen LogP contribution in [0, 0.1) is 11.3 Å². The Morgan fingerprint density at radius 1 is 1.15 bits per heavy atom. The highest BCUT2D eigenvalue weighted by atomic mass is 16.6. The van der Waals surface area contributed by atoms with Gasteiger partial charge in [0, 0.05) is 5.92 Å². The Balaban J connectivity index is 2.20. The number of benzene rings is 1. The zero-order chi connectivity index (χ0) is 19.6. The third kappa shape index (κ3) is 2.95. The molecule has 2 fully saturated rings. The van der Waals surface area contributed by atoms with Gasteiger partial charge in [-0.3, -0.25) is 14.4 Å². The van der Waals surface area contributed by atoms with E-state index in [1.54, 1.807) is 38.1 Å². The molecule has 1 aromatic rings. The molecule has 0 radical (unpaired) electrons. The van der Waals surface area contributed by atoms with Crippen molar-refractivity contribution in [2.45, 2.75) is 38.7 Å². The summed E-state index contributed by atoms with van der Waals surface area (Å²) in [5, 5.41) is 0. The summed E-state index contributed by atoms with van der Waals surface area (Å²) in [6.07, 6.45) is 0.256. The number of hydrogen-bond acceptors (Lipinski definition) is 7. The Morgan fingerprint density at radius 3 is 2.33 bits per heavy atom. The van der Waals surface area contributed by atoms with Crippen molar-refractivity contribution < 1.29 is 33.3 Å². The monoisotopic (exact) mass is 376 g/mol. The number of para-hydroxylation sites is 1. The maximum absolute atomic E-state index is 13.1. The highest BCUT2D eigenvalue weighted by Gasteiger charge is 2.67. The van der Waals surface area contributed by atoms with Crippen LogP contribution < -0.4 is 4.74 Å². The molecule has 0 spiro atoms. The summed E-state index contributed by atoms with van der Waals surface area (Å²) in [6.45, 7) is 3.60. The van der Waals surface area contributed by atoms with Gasteiger partial charge in [-0.05, 0) is 38.3 Å². The van der Waals surface area contributed by atoms with Gasteiger partial charge in [-0.1, -0.05) is 18.2 Å². The first-order valence-corrected chi connectivity index (χ1v) is 9.19. The molecule has 1 saturated carbocycles. The molecule has 1 aliphatic carbocycles. The number of ether oxygens (including phenoxy) is 4. The minimum absolute atomic E-state index is 0.122. The zero-order valence-electron chi connectivity index (χ0n) is 15.7. The van der Waals surface area contributed by atoms with Crippen LogP contribution in [0.4, 0.5) is 0 Å². The zero-order valence-corrected chi connectivity index (χ0v) is 15.7. The average Bonchev–Trinajstić information content (AvgIpc) is 2.66. The number of carbonyl (C=O) groups is 3. The Labute approximate surface area is 157 Å². The lowest BCUT2D eigenvalue weighted by atomic mass is 9.56. The van der Waals surface area contributed by atoms with E-state index in [2.05, 4.69) is 0 Å². The minimum Gasteiger partial charge on any atom is -0.496 e. The lowest BCUT2D eigenvalue weighted by Crippen LogP contribution is -2.61. The second-order valence-corrected chi connectivity index (χ2v) is 6.67. The fourth-order valence-electron chi connectivity index (χ4n) is 4.25. The number of fused-ring (bicyclic) bond motifs is 1. The van der Waals surface area contributed by atoms with Crippen molar-refractivity contribution in [2.75, 3.05) is 20.3 Å². The molecule has 1 aromatic carbocycles. The van der Waals surface area contributed by atoms with Crippen molar-refractivity contribution >= 4 is 17.9 Å². The van der Waals surface area contributed by atoms with Crippen LogP contribution in [0.2, 0.25) is 0 Å². The highest BCUT2D eigenvalue weighted by molar-refractivity contribution is 6.03. The Hall–Kier alpha value is -2.57. The first kappa shape index (κ1) is 19.2. The fourth-order valence-corrected chi connectivity index (χ4v) is 4.25. The molecule has 146 valence electrons. The van der Waals surface area contributed by atoms with E-state index >= 15 is 0 Å². The average molecular weight is 376 g/mol. The molecule has 0 bridgehead atoms. The van der Waals surface area contributed by atoms with Crippen molar-refractivity contribution in [1.82, 2.24) is 0 Å². The molecule has 1 heterocycles. The van der Waals surface area contributed by atoms with E-state index in [1.165, 1.54) is 7.11 Å². The Morgan fingerprint density at radius 2 is 1.78 bits per heavy atom. The van der Waals surface area contributed by atoms with E-state index in [9.17, 15) is 14.4 Å². The van der Waals surface area contributed by atoms with Crippen LogP contribution in [0.25, 0.3) is 0 Å². The summed E-state index contributed by atoms with van der Waals surface area (Å²) >= 11 is 0. The van der Waals surface area contributed by atoms with Gasteiger partial charge >= 0.3 is 17.9 Å². The topological polar surface area (TPSA) is 88.1 Å². The van der Waals surface area contributed by atoms with Gasteiger partial charge in [-0.15, -0.1) is 0 Å². The molecule has 1 aliphatic heterocycles. The summed E-state index contributed by atoms with van der Waals surface area (Å²) in [5.41, 5.74) is -1.01. The van der Waals surface area contributed by atoms with Crippen molar-refractivity contribution in [3.05, 3.63) is 29.8 Å². The fraction of sp³-hybridized carbons (Fsp3) is 0.550. The van der Waals surface area contributed by atoms with E-state index in [-0.39, 0.29) is 25.7 Å². The van der Waals surface area contributed by atoms with Crippen LogP contribution in [0.1, 0.15) is 38.2 Å². The molecule has 7 nitrogen and oxygen atoms in total. The van der Waals surface area contributed by atoms with Gasteiger partial charge in [0.25, 0.3) is 0 Å². The van der Waals surface area contributed by atoms with E-state index in [1.807, 2.05) is 0 Å². The first-order chi connectivity index (χ1) is 13.0.